The maximum Gasteiger partial charge on any atom is 0.137 e. The summed E-state index contributed by atoms with van der Waals surface area (Å²) in [6.07, 6.45) is 3.89. The third-order valence-corrected chi connectivity index (χ3v) is 3.29. The Kier molecular flexibility index (Phi) is 3.69. The minimum atomic E-state index is 0.489. The summed E-state index contributed by atoms with van der Waals surface area (Å²) in [5.74, 6) is 0.626. The molecule has 0 aliphatic carbocycles. The van der Waals surface area contributed by atoms with Crippen molar-refractivity contribution in [1.29, 1.82) is 0 Å². The lowest BCUT2D eigenvalue weighted by Crippen LogP contribution is -2.30. The molecule has 0 radical (unpaired) electrons. The molecule has 1 unspecified atom stereocenters. The lowest BCUT2D eigenvalue weighted by Gasteiger charge is -2.16. The first-order chi connectivity index (χ1) is 8.06. The summed E-state index contributed by atoms with van der Waals surface area (Å²) < 4.78 is 1.96. The highest BCUT2D eigenvalue weighted by molar-refractivity contribution is 6.30. The maximum absolute atomic E-state index is 5.93. The van der Waals surface area contributed by atoms with Crippen molar-refractivity contribution in [2.45, 2.75) is 33.4 Å². The van der Waals surface area contributed by atoms with Crippen LogP contribution in [0.2, 0.25) is 5.02 Å². The van der Waals surface area contributed by atoms with Gasteiger partial charge in [0.1, 0.15) is 5.65 Å². The van der Waals surface area contributed by atoms with Crippen LogP contribution in [0, 0.1) is 5.92 Å². The molecule has 0 bridgehead atoms. The number of nitrogens with one attached hydrogen (secondary N) is 1. The number of imidazole rings is 1. The van der Waals surface area contributed by atoms with Gasteiger partial charge < -0.3 is 9.72 Å². The first-order valence-corrected chi connectivity index (χ1v) is 6.30. The van der Waals surface area contributed by atoms with E-state index < -0.39 is 0 Å². The van der Waals surface area contributed by atoms with E-state index in [0.29, 0.717) is 12.0 Å². The fraction of sp³-hybridized carbons (Fsp3) is 0.462. The van der Waals surface area contributed by atoms with Gasteiger partial charge in [0, 0.05) is 25.0 Å². The monoisotopic (exact) mass is 251 g/mol. The van der Waals surface area contributed by atoms with Crippen LogP contribution < -0.4 is 5.32 Å². The van der Waals surface area contributed by atoms with E-state index >= 15 is 0 Å². The van der Waals surface area contributed by atoms with Gasteiger partial charge >= 0.3 is 0 Å². The van der Waals surface area contributed by atoms with Gasteiger partial charge in [-0.2, -0.15) is 0 Å². The zero-order valence-corrected chi connectivity index (χ0v) is 11.2. The smallest absolute Gasteiger partial charge is 0.137 e. The molecule has 92 valence electrons. The number of rotatable bonds is 4. The van der Waals surface area contributed by atoms with Crippen LogP contribution in [0.15, 0.2) is 24.5 Å². The average molecular weight is 252 g/mol. The Morgan fingerprint density at radius 2 is 2.06 bits per heavy atom. The van der Waals surface area contributed by atoms with E-state index in [1.54, 1.807) is 0 Å². The average Bonchev–Trinajstić information content (AvgIpc) is 2.67. The number of nitrogens with zero attached hydrogens (tertiary/aromatic N) is 2. The molecule has 0 spiro atoms. The fourth-order valence-electron chi connectivity index (χ4n) is 1.60. The predicted octanol–water partition coefficient (Wildman–Crippen LogP) is 3.12. The van der Waals surface area contributed by atoms with E-state index in [1.807, 2.05) is 28.9 Å². The van der Waals surface area contributed by atoms with E-state index in [1.165, 1.54) is 0 Å². The summed E-state index contributed by atoms with van der Waals surface area (Å²) in [4.78, 5) is 4.53. The van der Waals surface area contributed by atoms with Gasteiger partial charge in [0.15, 0.2) is 0 Å². The summed E-state index contributed by atoms with van der Waals surface area (Å²) >= 11 is 5.93. The molecular weight excluding hydrogens is 234 g/mol. The normalized spacial score (nSPS) is 13.5. The molecule has 0 fully saturated rings. The molecule has 0 amide bonds. The van der Waals surface area contributed by atoms with Crippen molar-refractivity contribution in [1.82, 2.24) is 14.7 Å². The molecule has 2 heterocycles. The van der Waals surface area contributed by atoms with Gasteiger partial charge in [0.05, 0.1) is 10.7 Å². The zero-order chi connectivity index (χ0) is 12.4. The Bertz CT molecular complexity index is 504. The van der Waals surface area contributed by atoms with Crippen LogP contribution in [0.4, 0.5) is 0 Å². The van der Waals surface area contributed by atoms with Crippen molar-refractivity contribution in [3.63, 3.8) is 0 Å². The summed E-state index contributed by atoms with van der Waals surface area (Å²) in [7, 11) is 0. The third-order valence-electron chi connectivity index (χ3n) is 3.07. The number of fused-ring (bicyclic) bond motifs is 1. The highest BCUT2D eigenvalue weighted by atomic mass is 35.5. The lowest BCUT2D eigenvalue weighted by molar-refractivity contribution is 0.424. The van der Waals surface area contributed by atoms with Gasteiger partial charge in [-0.05, 0) is 25.0 Å². The number of hydrogen-bond acceptors (Lipinski definition) is 2. The molecule has 0 saturated heterocycles. The first-order valence-electron chi connectivity index (χ1n) is 5.93. The molecule has 0 aliphatic rings. The molecule has 2 aromatic heterocycles. The predicted molar refractivity (Wildman–Crippen MR) is 71.3 cm³/mol. The van der Waals surface area contributed by atoms with Gasteiger partial charge in [-0.25, -0.2) is 4.98 Å². The van der Waals surface area contributed by atoms with Crippen molar-refractivity contribution in [3.05, 3.63) is 35.2 Å². The standard InChI is InChI=1S/C13H18ClN3/c1-9(2)10(3)15-6-12-8-17-7-11(14)4-5-13(17)16-12/h4-5,7-10,15H,6H2,1-3H3. The van der Waals surface area contributed by atoms with E-state index in [2.05, 4.69) is 31.1 Å². The third kappa shape index (κ3) is 2.99. The second kappa shape index (κ2) is 5.07. The van der Waals surface area contributed by atoms with Crippen LogP contribution in [0.25, 0.3) is 5.65 Å². The van der Waals surface area contributed by atoms with Crippen LogP contribution in [0.3, 0.4) is 0 Å². The molecule has 17 heavy (non-hydrogen) atoms. The second-order valence-corrected chi connectivity index (χ2v) is 5.20. The SMILES string of the molecule is CC(C)C(C)NCc1cn2cc(Cl)ccc2n1. The van der Waals surface area contributed by atoms with Crippen molar-refractivity contribution in [3.8, 4) is 0 Å². The van der Waals surface area contributed by atoms with Gasteiger partial charge in [-0.3, -0.25) is 0 Å². The van der Waals surface area contributed by atoms with Crippen LogP contribution >= 0.6 is 11.6 Å². The lowest BCUT2D eigenvalue weighted by atomic mass is 10.1. The van der Waals surface area contributed by atoms with Gasteiger partial charge in [-0.15, -0.1) is 0 Å². The first kappa shape index (κ1) is 12.4. The minimum Gasteiger partial charge on any atom is -0.308 e. The van der Waals surface area contributed by atoms with Crippen LogP contribution in [0.5, 0.6) is 0 Å². The van der Waals surface area contributed by atoms with Gasteiger partial charge in [0.25, 0.3) is 0 Å². The largest absolute Gasteiger partial charge is 0.308 e. The van der Waals surface area contributed by atoms with Crippen LogP contribution in [-0.4, -0.2) is 15.4 Å². The molecule has 0 aromatic carbocycles. The minimum absolute atomic E-state index is 0.489. The molecule has 4 heteroatoms. The Balaban J connectivity index is 2.09. The Morgan fingerprint density at radius 1 is 1.29 bits per heavy atom. The highest BCUT2D eigenvalue weighted by Crippen LogP contribution is 2.12. The maximum atomic E-state index is 5.93. The zero-order valence-electron chi connectivity index (χ0n) is 10.4. The molecular formula is C13H18ClN3. The van der Waals surface area contributed by atoms with E-state index in [4.69, 9.17) is 11.6 Å². The number of hydrogen-bond donors (Lipinski definition) is 1. The molecule has 1 atom stereocenters. The molecule has 2 aromatic rings. The molecule has 0 aliphatic heterocycles. The molecule has 1 N–H and O–H groups in total. The second-order valence-electron chi connectivity index (χ2n) is 4.76. The highest BCUT2D eigenvalue weighted by Gasteiger charge is 2.07. The Labute approximate surface area is 107 Å². The fourth-order valence-corrected chi connectivity index (χ4v) is 1.77. The van der Waals surface area contributed by atoms with Crippen LogP contribution in [-0.2, 0) is 6.54 Å². The van der Waals surface area contributed by atoms with Crippen LogP contribution in [0.1, 0.15) is 26.5 Å². The summed E-state index contributed by atoms with van der Waals surface area (Å²) in [5.41, 5.74) is 1.98. The van der Waals surface area contributed by atoms with Crippen molar-refractivity contribution >= 4 is 17.2 Å². The van der Waals surface area contributed by atoms with E-state index in [0.717, 1.165) is 22.9 Å². The number of pyridine rings is 1. The number of aromatic nitrogens is 2. The molecule has 3 nitrogen and oxygen atoms in total. The van der Waals surface area contributed by atoms with E-state index in [9.17, 15) is 0 Å². The topological polar surface area (TPSA) is 29.3 Å². The van der Waals surface area contributed by atoms with Gasteiger partial charge in [0.2, 0.25) is 0 Å². The van der Waals surface area contributed by atoms with Crippen molar-refractivity contribution in [2.24, 2.45) is 5.92 Å². The molecule has 0 saturated carbocycles. The van der Waals surface area contributed by atoms with Gasteiger partial charge in [-0.1, -0.05) is 25.4 Å². The summed E-state index contributed by atoms with van der Waals surface area (Å²) in [5, 5.41) is 4.19. The Hall–Kier alpha value is -1.06. The number of halogens is 1. The van der Waals surface area contributed by atoms with Crippen molar-refractivity contribution < 1.29 is 0 Å². The quantitative estimate of drug-likeness (QED) is 0.905. The van der Waals surface area contributed by atoms with Crippen molar-refractivity contribution in [2.75, 3.05) is 0 Å². The summed E-state index contributed by atoms with van der Waals surface area (Å²) in [6, 6.07) is 4.28. The summed E-state index contributed by atoms with van der Waals surface area (Å²) in [6.45, 7) is 7.40. The Morgan fingerprint density at radius 3 is 2.76 bits per heavy atom. The van der Waals surface area contributed by atoms with E-state index in [-0.39, 0.29) is 0 Å². The molecule has 2 rings (SSSR count).